The fourth-order valence-electron chi connectivity index (χ4n) is 3.34. The molecule has 1 atom stereocenters. The molecule has 1 saturated heterocycles. The van der Waals surface area contributed by atoms with E-state index in [9.17, 15) is 9.90 Å². The molecule has 1 aromatic rings. The van der Waals surface area contributed by atoms with Gasteiger partial charge in [-0.05, 0) is 37.7 Å². The molecule has 3 rings (SSSR count). The van der Waals surface area contributed by atoms with Crippen LogP contribution < -0.4 is 0 Å². The fourth-order valence-corrected chi connectivity index (χ4v) is 3.34. The Morgan fingerprint density at radius 3 is 2.71 bits per heavy atom. The van der Waals surface area contributed by atoms with E-state index in [1.54, 1.807) is 4.90 Å². The average molecular weight is 289 g/mol. The SMILES string of the molecule is O=C(OCc1ccccc1)N1CCCC(C2(O)CCC2)C1. The fraction of sp³-hybridized carbons (Fsp3) is 0.588. The molecule has 1 aliphatic carbocycles. The minimum atomic E-state index is -0.529. The van der Waals surface area contributed by atoms with Crippen molar-refractivity contribution < 1.29 is 14.6 Å². The Balaban J connectivity index is 1.52. The minimum Gasteiger partial charge on any atom is -0.445 e. The number of rotatable bonds is 3. The lowest BCUT2D eigenvalue weighted by Gasteiger charge is -2.47. The topological polar surface area (TPSA) is 49.8 Å². The molecule has 1 aliphatic heterocycles. The van der Waals surface area contributed by atoms with Gasteiger partial charge in [0.15, 0.2) is 0 Å². The number of ether oxygens (including phenoxy) is 1. The first kappa shape index (κ1) is 14.4. The van der Waals surface area contributed by atoms with Gasteiger partial charge in [-0.1, -0.05) is 30.3 Å². The molecule has 21 heavy (non-hydrogen) atoms. The molecule has 1 aromatic carbocycles. The van der Waals surface area contributed by atoms with E-state index in [4.69, 9.17) is 4.74 Å². The summed E-state index contributed by atoms with van der Waals surface area (Å²) in [4.78, 5) is 13.9. The molecule has 1 N–H and O–H groups in total. The van der Waals surface area contributed by atoms with Crippen LogP contribution in [-0.4, -0.2) is 34.8 Å². The highest BCUT2D eigenvalue weighted by Gasteiger charge is 2.44. The highest BCUT2D eigenvalue weighted by atomic mass is 16.6. The van der Waals surface area contributed by atoms with Crippen molar-refractivity contribution in [2.24, 2.45) is 5.92 Å². The molecule has 1 amide bonds. The van der Waals surface area contributed by atoms with E-state index < -0.39 is 5.60 Å². The number of hydrogen-bond donors (Lipinski definition) is 1. The van der Waals surface area contributed by atoms with E-state index in [2.05, 4.69) is 0 Å². The van der Waals surface area contributed by atoms with Gasteiger partial charge in [0, 0.05) is 19.0 Å². The van der Waals surface area contributed by atoms with Crippen LogP contribution in [0.5, 0.6) is 0 Å². The summed E-state index contributed by atoms with van der Waals surface area (Å²) >= 11 is 0. The van der Waals surface area contributed by atoms with Crippen molar-refractivity contribution in [3.8, 4) is 0 Å². The summed E-state index contributed by atoms with van der Waals surface area (Å²) in [7, 11) is 0. The van der Waals surface area contributed by atoms with E-state index in [0.29, 0.717) is 13.2 Å². The van der Waals surface area contributed by atoms with E-state index in [-0.39, 0.29) is 12.0 Å². The minimum absolute atomic E-state index is 0.212. The Morgan fingerprint density at radius 2 is 2.05 bits per heavy atom. The molecule has 0 radical (unpaired) electrons. The maximum atomic E-state index is 12.2. The first-order valence-corrected chi connectivity index (χ1v) is 7.85. The number of piperidine rings is 1. The van der Waals surface area contributed by atoms with E-state index in [0.717, 1.165) is 44.2 Å². The summed E-state index contributed by atoms with van der Waals surface area (Å²) < 4.78 is 5.39. The van der Waals surface area contributed by atoms with Crippen molar-refractivity contribution in [1.82, 2.24) is 4.90 Å². The molecule has 2 fully saturated rings. The number of nitrogens with zero attached hydrogens (tertiary/aromatic N) is 1. The monoisotopic (exact) mass is 289 g/mol. The van der Waals surface area contributed by atoms with Crippen molar-refractivity contribution in [2.45, 2.75) is 44.3 Å². The first-order valence-electron chi connectivity index (χ1n) is 7.85. The van der Waals surface area contributed by atoms with Gasteiger partial charge < -0.3 is 14.7 Å². The summed E-state index contributed by atoms with van der Waals surface area (Å²) in [5, 5.41) is 10.5. The lowest BCUT2D eigenvalue weighted by molar-refractivity contribution is -0.101. The molecular weight excluding hydrogens is 266 g/mol. The van der Waals surface area contributed by atoms with Gasteiger partial charge in [0.05, 0.1) is 5.60 Å². The smallest absolute Gasteiger partial charge is 0.410 e. The quantitative estimate of drug-likeness (QED) is 0.930. The molecule has 0 bridgehead atoms. The van der Waals surface area contributed by atoms with E-state index in [1.165, 1.54) is 0 Å². The maximum Gasteiger partial charge on any atom is 0.410 e. The summed E-state index contributed by atoms with van der Waals surface area (Å²) in [5.41, 5.74) is 0.468. The van der Waals surface area contributed by atoms with Crippen molar-refractivity contribution in [1.29, 1.82) is 0 Å². The van der Waals surface area contributed by atoms with Crippen LogP contribution in [0, 0.1) is 5.92 Å². The third kappa shape index (κ3) is 3.21. The zero-order chi connectivity index (χ0) is 14.7. The van der Waals surface area contributed by atoms with Gasteiger partial charge in [0.2, 0.25) is 0 Å². The van der Waals surface area contributed by atoms with Crippen LogP contribution in [0.15, 0.2) is 30.3 Å². The van der Waals surface area contributed by atoms with Gasteiger partial charge in [-0.2, -0.15) is 0 Å². The molecule has 4 nitrogen and oxygen atoms in total. The lowest BCUT2D eigenvalue weighted by Crippen LogP contribution is -2.52. The Bertz CT molecular complexity index is 484. The summed E-state index contributed by atoms with van der Waals surface area (Å²) in [6.45, 7) is 1.68. The number of likely N-dealkylation sites (tertiary alicyclic amines) is 1. The number of amides is 1. The standard InChI is InChI=1S/C17H23NO3/c19-16(21-13-14-6-2-1-3-7-14)18-11-4-8-15(12-18)17(20)9-5-10-17/h1-3,6-7,15,20H,4-5,8-13H2. The first-order chi connectivity index (χ1) is 10.2. The second-order valence-corrected chi connectivity index (χ2v) is 6.28. The van der Waals surface area contributed by atoms with E-state index in [1.807, 2.05) is 30.3 Å². The number of carbonyl (C=O) groups is 1. The number of carbonyl (C=O) groups excluding carboxylic acids is 1. The molecule has 4 heteroatoms. The summed E-state index contributed by atoms with van der Waals surface area (Å²) in [6.07, 6.45) is 4.57. The molecule has 0 aromatic heterocycles. The number of benzene rings is 1. The summed E-state index contributed by atoms with van der Waals surface area (Å²) in [6, 6.07) is 9.71. The lowest BCUT2D eigenvalue weighted by atomic mass is 9.68. The largest absolute Gasteiger partial charge is 0.445 e. The maximum absolute atomic E-state index is 12.2. The highest BCUT2D eigenvalue weighted by molar-refractivity contribution is 5.67. The van der Waals surface area contributed by atoms with Gasteiger partial charge in [-0.3, -0.25) is 0 Å². The van der Waals surface area contributed by atoms with Gasteiger partial charge in [-0.25, -0.2) is 4.79 Å². The molecule has 1 unspecified atom stereocenters. The predicted molar refractivity (Wildman–Crippen MR) is 79.7 cm³/mol. The van der Waals surface area contributed by atoms with Crippen LogP contribution in [0.2, 0.25) is 0 Å². The van der Waals surface area contributed by atoms with E-state index >= 15 is 0 Å². The molecule has 1 heterocycles. The highest BCUT2D eigenvalue weighted by Crippen LogP contribution is 2.42. The Hall–Kier alpha value is -1.55. The second kappa shape index (κ2) is 6.06. The molecule has 1 saturated carbocycles. The van der Waals surface area contributed by atoms with Crippen LogP contribution in [0.3, 0.4) is 0 Å². The van der Waals surface area contributed by atoms with Crippen molar-refractivity contribution in [2.75, 3.05) is 13.1 Å². The third-order valence-electron chi connectivity index (χ3n) is 4.86. The van der Waals surface area contributed by atoms with Crippen LogP contribution in [0.1, 0.15) is 37.7 Å². The van der Waals surface area contributed by atoms with Crippen molar-refractivity contribution >= 4 is 6.09 Å². The molecule has 0 spiro atoms. The zero-order valence-electron chi connectivity index (χ0n) is 12.3. The van der Waals surface area contributed by atoms with Crippen LogP contribution in [-0.2, 0) is 11.3 Å². The second-order valence-electron chi connectivity index (χ2n) is 6.28. The molecular formula is C17H23NO3. The van der Waals surface area contributed by atoms with Gasteiger partial charge in [0.1, 0.15) is 6.61 Å². The molecule has 114 valence electrons. The van der Waals surface area contributed by atoms with Crippen molar-refractivity contribution in [3.05, 3.63) is 35.9 Å². The predicted octanol–water partition coefficient (Wildman–Crippen LogP) is 2.95. The Morgan fingerprint density at radius 1 is 1.29 bits per heavy atom. The third-order valence-corrected chi connectivity index (χ3v) is 4.86. The van der Waals surface area contributed by atoms with Crippen LogP contribution in [0.4, 0.5) is 4.79 Å². The van der Waals surface area contributed by atoms with Gasteiger partial charge >= 0.3 is 6.09 Å². The zero-order valence-corrected chi connectivity index (χ0v) is 12.3. The Labute approximate surface area is 125 Å². The molecule has 2 aliphatic rings. The normalized spacial score (nSPS) is 24.2. The number of aliphatic hydroxyl groups is 1. The van der Waals surface area contributed by atoms with Gasteiger partial charge in [-0.15, -0.1) is 0 Å². The van der Waals surface area contributed by atoms with Crippen LogP contribution in [0.25, 0.3) is 0 Å². The summed E-state index contributed by atoms with van der Waals surface area (Å²) in [5.74, 6) is 0.212. The van der Waals surface area contributed by atoms with Crippen LogP contribution >= 0.6 is 0 Å². The number of hydrogen-bond acceptors (Lipinski definition) is 3. The van der Waals surface area contributed by atoms with Crippen molar-refractivity contribution in [3.63, 3.8) is 0 Å². The Kier molecular flexibility index (Phi) is 4.15. The average Bonchev–Trinajstić information content (AvgIpc) is 2.51. The van der Waals surface area contributed by atoms with Gasteiger partial charge in [0.25, 0.3) is 0 Å².